The van der Waals surface area contributed by atoms with E-state index in [0.717, 1.165) is 0 Å². The van der Waals surface area contributed by atoms with E-state index >= 15 is 0 Å². The van der Waals surface area contributed by atoms with Crippen LogP contribution in [-0.2, 0) is 4.79 Å². The van der Waals surface area contributed by atoms with Crippen molar-refractivity contribution in [2.24, 2.45) is 0 Å². The molecule has 0 atom stereocenters. The minimum atomic E-state index is -1.47. The second kappa shape index (κ2) is 4.06. The molecule has 1 aromatic rings. The Balaban J connectivity index is 3.21. The first-order valence-corrected chi connectivity index (χ1v) is 4.70. The second-order valence-electron chi connectivity index (χ2n) is 2.26. The summed E-state index contributed by atoms with van der Waals surface area (Å²) in [5.41, 5.74) is 0.126. The lowest BCUT2D eigenvalue weighted by molar-refractivity contribution is -0.131. The zero-order valence-corrected chi connectivity index (χ0v) is 9.17. The molecule has 1 aromatic carbocycles. The van der Waals surface area contributed by atoms with Crippen molar-refractivity contribution in [1.82, 2.24) is 0 Å². The normalized spacial score (nSPS) is 9.69. The monoisotopic (exact) mass is 310 g/mol. The Morgan fingerprint density at radius 1 is 1.38 bits per heavy atom. The summed E-state index contributed by atoms with van der Waals surface area (Å²) in [6.45, 7) is 0. The number of carboxylic acids is 1. The number of carbonyl (C=O) groups excluding carboxylic acids is 1. The van der Waals surface area contributed by atoms with Gasteiger partial charge in [0.1, 0.15) is 0 Å². The van der Waals surface area contributed by atoms with Crippen LogP contribution < -0.4 is 0 Å². The third-order valence-corrected chi connectivity index (χ3v) is 2.54. The molecule has 5 heteroatoms. The molecule has 1 rings (SSSR count). The predicted molar refractivity (Wildman–Crippen MR) is 56.1 cm³/mol. The van der Waals surface area contributed by atoms with Crippen molar-refractivity contribution >= 4 is 45.9 Å². The molecule has 1 N–H and O–H groups in total. The Morgan fingerprint density at radius 3 is 2.54 bits per heavy atom. The van der Waals surface area contributed by atoms with E-state index in [0.29, 0.717) is 8.59 Å². The molecule has 0 bridgehead atoms. The van der Waals surface area contributed by atoms with Crippen LogP contribution in [0.2, 0.25) is 5.02 Å². The molecule has 0 unspecified atom stereocenters. The molecule has 0 heterocycles. The van der Waals surface area contributed by atoms with Crippen molar-refractivity contribution in [1.29, 1.82) is 0 Å². The maximum Gasteiger partial charge on any atom is 0.377 e. The average Bonchev–Trinajstić information content (AvgIpc) is 2.08. The summed E-state index contributed by atoms with van der Waals surface area (Å²) in [6.07, 6.45) is 0. The van der Waals surface area contributed by atoms with Crippen LogP contribution in [0.25, 0.3) is 0 Å². The molecule has 0 saturated heterocycles. The first-order valence-electron chi connectivity index (χ1n) is 3.25. The molecular formula is C8H4ClIO3. The van der Waals surface area contributed by atoms with Crippen LogP contribution in [0.3, 0.4) is 0 Å². The number of rotatable bonds is 2. The van der Waals surface area contributed by atoms with Crippen molar-refractivity contribution in [3.05, 3.63) is 32.4 Å². The van der Waals surface area contributed by atoms with Crippen LogP contribution in [0.1, 0.15) is 10.4 Å². The number of carboxylic acid groups (broad SMARTS) is 1. The standard InChI is InChI=1S/C8H4ClIO3/c9-4-1-2-6(10)5(3-4)7(11)8(12)13/h1-3H,(H,12,13). The summed E-state index contributed by atoms with van der Waals surface area (Å²) in [4.78, 5) is 21.4. The highest BCUT2D eigenvalue weighted by Crippen LogP contribution is 2.18. The summed E-state index contributed by atoms with van der Waals surface area (Å²) in [5, 5.41) is 8.81. The summed E-state index contributed by atoms with van der Waals surface area (Å²) in [7, 11) is 0. The molecule has 0 spiro atoms. The summed E-state index contributed by atoms with van der Waals surface area (Å²) in [6, 6.07) is 4.54. The van der Waals surface area contributed by atoms with Crippen LogP contribution in [0.15, 0.2) is 18.2 Å². The second-order valence-corrected chi connectivity index (χ2v) is 3.86. The van der Waals surface area contributed by atoms with Crippen LogP contribution >= 0.6 is 34.2 Å². The lowest BCUT2D eigenvalue weighted by Gasteiger charge is -1.99. The zero-order chi connectivity index (χ0) is 10.0. The van der Waals surface area contributed by atoms with E-state index in [2.05, 4.69) is 0 Å². The van der Waals surface area contributed by atoms with Gasteiger partial charge in [-0.3, -0.25) is 4.79 Å². The molecule has 0 amide bonds. The van der Waals surface area contributed by atoms with Gasteiger partial charge in [0.05, 0.1) is 0 Å². The van der Waals surface area contributed by atoms with Crippen molar-refractivity contribution in [2.45, 2.75) is 0 Å². The summed E-state index contributed by atoms with van der Waals surface area (Å²) >= 11 is 7.50. The Labute approximate surface area is 92.8 Å². The molecule has 0 aliphatic carbocycles. The van der Waals surface area contributed by atoms with Gasteiger partial charge in [0.25, 0.3) is 5.78 Å². The third kappa shape index (κ3) is 2.41. The molecular weight excluding hydrogens is 306 g/mol. The Morgan fingerprint density at radius 2 is 2.00 bits per heavy atom. The number of hydrogen-bond donors (Lipinski definition) is 1. The topological polar surface area (TPSA) is 54.4 Å². The fourth-order valence-electron chi connectivity index (χ4n) is 0.787. The minimum absolute atomic E-state index is 0.126. The average molecular weight is 310 g/mol. The van der Waals surface area contributed by atoms with Gasteiger partial charge in [-0.25, -0.2) is 4.79 Å². The number of ketones is 1. The van der Waals surface area contributed by atoms with Gasteiger partial charge in [-0.1, -0.05) is 11.6 Å². The highest BCUT2D eigenvalue weighted by molar-refractivity contribution is 14.1. The number of benzene rings is 1. The Bertz CT molecular complexity index is 376. The molecule has 0 radical (unpaired) electrons. The van der Waals surface area contributed by atoms with E-state index in [1.54, 1.807) is 12.1 Å². The van der Waals surface area contributed by atoms with Crippen molar-refractivity contribution in [3.8, 4) is 0 Å². The van der Waals surface area contributed by atoms with Gasteiger partial charge in [-0.15, -0.1) is 0 Å². The minimum Gasteiger partial charge on any atom is -0.475 e. The Kier molecular flexibility index (Phi) is 3.27. The van der Waals surface area contributed by atoms with Crippen molar-refractivity contribution in [2.75, 3.05) is 0 Å². The molecule has 0 saturated carbocycles. The van der Waals surface area contributed by atoms with E-state index in [-0.39, 0.29) is 5.56 Å². The number of aliphatic carboxylic acids is 1. The maximum atomic E-state index is 11.1. The molecule has 0 fully saturated rings. The lowest BCUT2D eigenvalue weighted by atomic mass is 10.1. The van der Waals surface area contributed by atoms with Crippen molar-refractivity contribution < 1.29 is 14.7 Å². The molecule has 13 heavy (non-hydrogen) atoms. The van der Waals surface area contributed by atoms with E-state index in [9.17, 15) is 9.59 Å². The quantitative estimate of drug-likeness (QED) is 0.518. The highest BCUT2D eigenvalue weighted by atomic mass is 127. The molecule has 0 aliphatic rings. The van der Waals surface area contributed by atoms with Gasteiger partial charge >= 0.3 is 5.97 Å². The highest BCUT2D eigenvalue weighted by Gasteiger charge is 2.17. The van der Waals surface area contributed by atoms with Crippen LogP contribution in [0.5, 0.6) is 0 Å². The first kappa shape index (κ1) is 10.5. The fraction of sp³-hybridized carbons (Fsp3) is 0. The van der Waals surface area contributed by atoms with Gasteiger partial charge in [-0.05, 0) is 40.8 Å². The van der Waals surface area contributed by atoms with E-state index in [1.807, 2.05) is 22.6 Å². The van der Waals surface area contributed by atoms with Crippen LogP contribution in [0, 0.1) is 3.57 Å². The van der Waals surface area contributed by atoms with Crippen molar-refractivity contribution in [3.63, 3.8) is 0 Å². The summed E-state index contributed by atoms with van der Waals surface area (Å²) in [5.74, 6) is -2.41. The fourth-order valence-corrected chi connectivity index (χ4v) is 1.54. The van der Waals surface area contributed by atoms with Gasteiger partial charge < -0.3 is 5.11 Å². The number of carbonyl (C=O) groups is 2. The smallest absolute Gasteiger partial charge is 0.377 e. The zero-order valence-electron chi connectivity index (χ0n) is 6.25. The molecule has 0 aliphatic heterocycles. The largest absolute Gasteiger partial charge is 0.475 e. The van der Waals surface area contributed by atoms with E-state index in [4.69, 9.17) is 16.7 Å². The lowest BCUT2D eigenvalue weighted by Crippen LogP contribution is -2.13. The van der Waals surface area contributed by atoms with Gasteiger partial charge in [-0.2, -0.15) is 0 Å². The van der Waals surface area contributed by atoms with Crippen LogP contribution in [-0.4, -0.2) is 16.9 Å². The van der Waals surface area contributed by atoms with E-state index < -0.39 is 11.8 Å². The van der Waals surface area contributed by atoms with E-state index in [1.165, 1.54) is 6.07 Å². The van der Waals surface area contributed by atoms with Gasteiger partial charge in [0.15, 0.2) is 0 Å². The number of Topliss-reactive ketones (excluding diaryl/α,β-unsaturated/α-hetero) is 1. The molecule has 68 valence electrons. The number of halogens is 2. The van der Waals surface area contributed by atoms with Gasteiger partial charge in [0, 0.05) is 14.2 Å². The number of hydrogen-bond acceptors (Lipinski definition) is 2. The van der Waals surface area contributed by atoms with Crippen LogP contribution in [0.4, 0.5) is 0 Å². The maximum absolute atomic E-state index is 11.1. The molecule has 3 nitrogen and oxygen atoms in total. The van der Waals surface area contributed by atoms with Gasteiger partial charge in [0.2, 0.25) is 0 Å². The third-order valence-electron chi connectivity index (χ3n) is 1.37. The predicted octanol–water partition coefficient (Wildman–Crippen LogP) is 2.21. The summed E-state index contributed by atoms with van der Waals surface area (Å²) < 4.78 is 0.578. The SMILES string of the molecule is O=C(O)C(=O)c1cc(Cl)ccc1I. The Hall–Kier alpha value is -0.620. The molecule has 0 aromatic heterocycles. The first-order chi connectivity index (χ1) is 6.02.